The lowest BCUT2D eigenvalue weighted by molar-refractivity contribution is 0.320. The van der Waals surface area contributed by atoms with Crippen molar-refractivity contribution in [3.63, 3.8) is 0 Å². The van der Waals surface area contributed by atoms with Gasteiger partial charge in [0.15, 0.2) is 5.71 Å². The molecular formula is C9H8N2O. The monoisotopic (exact) mass is 160 g/mol. The lowest BCUT2D eigenvalue weighted by atomic mass is 10.1. The van der Waals surface area contributed by atoms with Crippen LogP contribution in [0.2, 0.25) is 0 Å². The fourth-order valence-corrected chi connectivity index (χ4v) is 0.856. The van der Waals surface area contributed by atoms with E-state index in [1.54, 1.807) is 18.2 Å². The maximum Gasteiger partial charge on any atom is 0.186 e. The highest BCUT2D eigenvalue weighted by atomic mass is 16.4. The minimum Gasteiger partial charge on any atom is -0.410 e. The third-order valence-electron chi connectivity index (χ3n) is 1.53. The van der Waals surface area contributed by atoms with E-state index in [9.17, 15) is 0 Å². The van der Waals surface area contributed by atoms with E-state index >= 15 is 0 Å². The van der Waals surface area contributed by atoms with Gasteiger partial charge in [-0.1, -0.05) is 35.0 Å². The molecule has 0 aliphatic carbocycles. The number of hydrogen-bond acceptors (Lipinski definition) is 3. The van der Waals surface area contributed by atoms with Gasteiger partial charge in [0.1, 0.15) is 6.07 Å². The molecule has 60 valence electrons. The van der Waals surface area contributed by atoms with E-state index in [0.29, 0.717) is 5.56 Å². The molecule has 0 spiro atoms. The quantitative estimate of drug-likeness (QED) is 0.386. The van der Waals surface area contributed by atoms with Crippen LogP contribution in [0.1, 0.15) is 11.1 Å². The molecule has 0 aliphatic heterocycles. The van der Waals surface area contributed by atoms with Gasteiger partial charge in [0.25, 0.3) is 0 Å². The first kappa shape index (κ1) is 8.28. The van der Waals surface area contributed by atoms with Crippen LogP contribution in [0, 0.1) is 18.3 Å². The summed E-state index contributed by atoms with van der Waals surface area (Å²) in [6.45, 7) is 1.95. The third-order valence-corrected chi connectivity index (χ3v) is 1.53. The predicted molar refractivity (Wildman–Crippen MR) is 45.1 cm³/mol. The molecule has 1 N–H and O–H groups in total. The summed E-state index contributed by atoms with van der Waals surface area (Å²) in [6, 6.07) is 8.99. The minimum absolute atomic E-state index is 0.0370. The van der Waals surface area contributed by atoms with Gasteiger partial charge < -0.3 is 5.21 Å². The number of benzene rings is 1. The van der Waals surface area contributed by atoms with E-state index < -0.39 is 0 Å². The Labute approximate surface area is 70.6 Å². The molecule has 0 unspecified atom stereocenters. The smallest absolute Gasteiger partial charge is 0.186 e. The second-order valence-corrected chi connectivity index (χ2v) is 2.43. The Bertz CT molecular complexity index is 333. The number of nitriles is 1. The van der Waals surface area contributed by atoms with Crippen molar-refractivity contribution < 1.29 is 5.21 Å². The number of rotatable bonds is 1. The highest BCUT2D eigenvalue weighted by molar-refractivity contribution is 6.11. The summed E-state index contributed by atoms with van der Waals surface area (Å²) in [7, 11) is 0. The number of nitrogens with zero attached hydrogens (tertiary/aromatic N) is 2. The summed E-state index contributed by atoms with van der Waals surface area (Å²) in [4.78, 5) is 0. The van der Waals surface area contributed by atoms with Crippen LogP contribution in [0.15, 0.2) is 29.4 Å². The van der Waals surface area contributed by atoms with E-state index in [1.807, 2.05) is 19.1 Å². The molecule has 0 radical (unpaired) electrons. The van der Waals surface area contributed by atoms with Crippen LogP contribution in [0.4, 0.5) is 0 Å². The summed E-state index contributed by atoms with van der Waals surface area (Å²) < 4.78 is 0. The summed E-state index contributed by atoms with van der Waals surface area (Å²) in [5.74, 6) is 0. The molecule has 0 fully saturated rings. The van der Waals surface area contributed by atoms with E-state index in [1.165, 1.54) is 0 Å². The Morgan fingerprint density at radius 3 is 2.42 bits per heavy atom. The van der Waals surface area contributed by atoms with E-state index in [0.717, 1.165) is 5.56 Å². The van der Waals surface area contributed by atoms with Crippen molar-refractivity contribution in [2.24, 2.45) is 5.16 Å². The van der Waals surface area contributed by atoms with E-state index in [4.69, 9.17) is 10.5 Å². The molecule has 12 heavy (non-hydrogen) atoms. The normalized spacial score (nSPS) is 10.8. The SMILES string of the molecule is Cc1ccc(/C(C#N)=N/O)cc1. The number of oxime groups is 1. The van der Waals surface area contributed by atoms with Crippen molar-refractivity contribution in [2.45, 2.75) is 6.92 Å². The highest BCUT2D eigenvalue weighted by Crippen LogP contribution is 2.03. The van der Waals surface area contributed by atoms with Crippen LogP contribution in [0.25, 0.3) is 0 Å². The molecule has 0 aromatic heterocycles. The number of aryl methyl sites for hydroxylation is 1. The standard InChI is InChI=1S/C9H8N2O/c1-7-2-4-8(5-3-7)9(6-10)11-12/h2-5,12H,1H3/b11-9+. The van der Waals surface area contributed by atoms with Crippen LogP contribution in [-0.4, -0.2) is 10.9 Å². The zero-order valence-corrected chi connectivity index (χ0v) is 6.65. The van der Waals surface area contributed by atoms with Crippen LogP contribution in [0.5, 0.6) is 0 Å². The molecule has 3 nitrogen and oxygen atoms in total. The maximum absolute atomic E-state index is 8.51. The molecule has 0 amide bonds. The Balaban J connectivity index is 3.06. The summed E-state index contributed by atoms with van der Waals surface area (Å²) in [5.41, 5.74) is 1.77. The first-order valence-electron chi connectivity index (χ1n) is 3.47. The van der Waals surface area contributed by atoms with Gasteiger partial charge in [0, 0.05) is 5.56 Å². The molecule has 0 aliphatic rings. The summed E-state index contributed by atoms with van der Waals surface area (Å²) in [6.07, 6.45) is 0. The van der Waals surface area contributed by atoms with E-state index in [2.05, 4.69) is 5.16 Å². The Morgan fingerprint density at radius 1 is 1.42 bits per heavy atom. The molecule has 0 saturated heterocycles. The van der Waals surface area contributed by atoms with Crippen molar-refractivity contribution in [1.82, 2.24) is 0 Å². The average molecular weight is 160 g/mol. The molecule has 3 heteroatoms. The maximum atomic E-state index is 8.51. The molecule has 1 aromatic rings. The van der Waals surface area contributed by atoms with Gasteiger partial charge in [-0.2, -0.15) is 5.26 Å². The Kier molecular flexibility index (Phi) is 2.44. The van der Waals surface area contributed by atoms with E-state index in [-0.39, 0.29) is 5.71 Å². The topological polar surface area (TPSA) is 56.4 Å². The first-order valence-corrected chi connectivity index (χ1v) is 3.47. The zero-order chi connectivity index (χ0) is 8.97. The minimum atomic E-state index is 0.0370. The fraction of sp³-hybridized carbons (Fsp3) is 0.111. The van der Waals surface area contributed by atoms with Crippen molar-refractivity contribution in [2.75, 3.05) is 0 Å². The Hall–Kier alpha value is -1.82. The van der Waals surface area contributed by atoms with Crippen LogP contribution < -0.4 is 0 Å². The average Bonchev–Trinajstić information content (AvgIpc) is 2.10. The molecular weight excluding hydrogens is 152 g/mol. The van der Waals surface area contributed by atoms with Crippen molar-refractivity contribution in [3.05, 3.63) is 35.4 Å². The van der Waals surface area contributed by atoms with Crippen LogP contribution in [-0.2, 0) is 0 Å². The molecule has 1 aromatic carbocycles. The lowest BCUT2D eigenvalue weighted by Gasteiger charge is -1.95. The van der Waals surface area contributed by atoms with Gasteiger partial charge in [0.2, 0.25) is 0 Å². The van der Waals surface area contributed by atoms with Crippen LogP contribution >= 0.6 is 0 Å². The van der Waals surface area contributed by atoms with Crippen molar-refractivity contribution >= 4 is 5.71 Å². The van der Waals surface area contributed by atoms with Gasteiger partial charge in [-0.3, -0.25) is 0 Å². The largest absolute Gasteiger partial charge is 0.410 e. The summed E-state index contributed by atoms with van der Waals surface area (Å²) >= 11 is 0. The fourth-order valence-electron chi connectivity index (χ4n) is 0.856. The van der Waals surface area contributed by atoms with Crippen molar-refractivity contribution in [3.8, 4) is 6.07 Å². The molecule has 0 saturated carbocycles. The highest BCUT2D eigenvalue weighted by Gasteiger charge is 2.00. The third kappa shape index (κ3) is 1.61. The predicted octanol–water partition coefficient (Wildman–Crippen LogP) is 1.70. The van der Waals surface area contributed by atoms with Gasteiger partial charge in [-0.05, 0) is 6.92 Å². The second kappa shape index (κ2) is 3.54. The number of hydrogen-bond donors (Lipinski definition) is 1. The Morgan fingerprint density at radius 2 is 2.00 bits per heavy atom. The van der Waals surface area contributed by atoms with Gasteiger partial charge in [-0.25, -0.2) is 0 Å². The van der Waals surface area contributed by atoms with Gasteiger partial charge in [-0.15, -0.1) is 0 Å². The van der Waals surface area contributed by atoms with Gasteiger partial charge in [0.05, 0.1) is 0 Å². The molecule has 1 rings (SSSR count). The molecule has 0 bridgehead atoms. The molecule has 0 atom stereocenters. The zero-order valence-electron chi connectivity index (χ0n) is 6.65. The summed E-state index contributed by atoms with van der Waals surface area (Å²) in [5, 5.41) is 19.8. The van der Waals surface area contributed by atoms with Crippen LogP contribution in [0.3, 0.4) is 0 Å². The molecule has 0 heterocycles. The second-order valence-electron chi connectivity index (χ2n) is 2.43. The van der Waals surface area contributed by atoms with Crippen molar-refractivity contribution in [1.29, 1.82) is 5.26 Å². The lowest BCUT2D eigenvalue weighted by Crippen LogP contribution is -1.96. The first-order chi connectivity index (χ1) is 5.77. The van der Waals surface area contributed by atoms with Gasteiger partial charge >= 0.3 is 0 Å².